The Morgan fingerprint density at radius 2 is 1.90 bits per heavy atom. The molecular formula is C22H25FN4O2. The average molecular weight is 396 g/mol. The number of benzene rings is 1. The lowest BCUT2D eigenvalue weighted by atomic mass is 10.0. The van der Waals surface area contributed by atoms with E-state index in [0.29, 0.717) is 17.1 Å². The highest BCUT2D eigenvalue weighted by molar-refractivity contribution is 5.95. The summed E-state index contributed by atoms with van der Waals surface area (Å²) in [7, 11) is 0. The highest BCUT2D eigenvalue weighted by Gasteiger charge is 2.21. The Kier molecular flexibility index (Phi) is 6.26. The summed E-state index contributed by atoms with van der Waals surface area (Å²) in [4.78, 5) is 17.1. The molecule has 1 aromatic carbocycles. The fourth-order valence-electron chi connectivity index (χ4n) is 3.04. The highest BCUT2D eigenvalue weighted by atomic mass is 19.1. The topological polar surface area (TPSA) is 69.0 Å². The predicted octanol–water partition coefficient (Wildman–Crippen LogP) is 4.25. The molecule has 0 fully saturated rings. The number of nitrogens with one attached hydrogen (secondary N) is 1. The van der Waals surface area contributed by atoms with Crippen molar-refractivity contribution in [3.8, 4) is 11.6 Å². The Labute approximate surface area is 169 Å². The molecule has 0 saturated heterocycles. The number of pyridine rings is 1. The van der Waals surface area contributed by atoms with Gasteiger partial charge in [0, 0.05) is 18.3 Å². The molecule has 0 saturated carbocycles. The SMILES string of the molecule is CC(C)Oc1ncccc1CNC(=O)c1cnn(-c2ccc(F)cc2)c1C(C)C. The maximum atomic E-state index is 13.3. The molecule has 7 heteroatoms. The van der Waals surface area contributed by atoms with Gasteiger partial charge < -0.3 is 10.1 Å². The molecule has 1 N–H and O–H groups in total. The van der Waals surface area contributed by atoms with Gasteiger partial charge >= 0.3 is 0 Å². The fourth-order valence-corrected chi connectivity index (χ4v) is 3.04. The van der Waals surface area contributed by atoms with Crippen molar-refractivity contribution in [2.24, 2.45) is 0 Å². The Morgan fingerprint density at radius 3 is 2.55 bits per heavy atom. The molecule has 2 aromatic heterocycles. The van der Waals surface area contributed by atoms with Crippen LogP contribution >= 0.6 is 0 Å². The Balaban J connectivity index is 1.82. The first kappa shape index (κ1) is 20.5. The molecule has 0 spiro atoms. The standard InChI is InChI=1S/C22H25FN4O2/c1-14(2)20-19(13-26-27(20)18-9-7-17(23)8-10-18)21(28)25-12-16-6-5-11-24-22(16)29-15(3)4/h5-11,13-15H,12H2,1-4H3,(H,25,28). The van der Waals surface area contributed by atoms with Gasteiger partial charge in [-0.15, -0.1) is 0 Å². The van der Waals surface area contributed by atoms with Crippen LogP contribution in [0.4, 0.5) is 4.39 Å². The number of nitrogens with zero attached hydrogens (tertiary/aromatic N) is 3. The summed E-state index contributed by atoms with van der Waals surface area (Å²) in [6, 6.07) is 9.71. The van der Waals surface area contributed by atoms with Crippen molar-refractivity contribution < 1.29 is 13.9 Å². The first-order valence-electron chi connectivity index (χ1n) is 9.59. The monoisotopic (exact) mass is 396 g/mol. The summed E-state index contributed by atoms with van der Waals surface area (Å²) in [5.41, 5.74) is 2.75. The fraction of sp³-hybridized carbons (Fsp3) is 0.318. The lowest BCUT2D eigenvalue weighted by molar-refractivity contribution is 0.0949. The summed E-state index contributed by atoms with van der Waals surface area (Å²) >= 11 is 0. The third-order valence-corrected chi connectivity index (χ3v) is 4.31. The number of halogens is 1. The zero-order chi connectivity index (χ0) is 21.0. The number of aromatic nitrogens is 3. The number of hydrogen-bond donors (Lipinski definition) is 1. The van der Waals surface area contributed by atoms with Crippen molar-refractivity contribution in [3.63, 3.8) is 0 Å². The van der Waals surface area contributed by atoms with E-state index in [0.717, 1.165) is 11.3 Å². The molecule has 152 valence electrons. The number of carbonyl (C=O) groups is 1. The summed E-state index contributed by atoms with van der Waals surface area (Å²) in [6.07, 6.45) is 3.19. The van der Waals surface area contributed by atoms with Crippen LogP contribution in [0.2, 0.25) is 0 Å². The van der Waals surface area contributed by atoms with E-state index < -0.39 is 0 Å². The smallest absolute Gasteiger partial charge is 0.255 e. The van der Waals surface area contributed by atoms with Crippen molar-refractivity contribution in [1.29, 1.82) is 0 Å². The minimum absolute atomic E-state index is 0.0131. The molecule has 0 aliphatic rings. The van der Waals surface area contributed by atoms with Crippen LogP contribution in [0, 0.1) is 5.82 Å². The third kappa shape index (κ3) is 4.80. The molecule has 0 atom stereocenters. The van der Waals surface area contributed by atoms with Crippen LogP contribution in [0.25, 0.3) is 5.69 Å². The Morgan fingerprint density at radius 1 is 1.17 bits per heavy atom. The summed E-state index contributed by atoms with van der Waals surface area (Å²) < 4.78 is 20.6. The van der Waals surface area contributed by atoms with Crippen LogP contribution < -0.4 is 10.1 Å². The number of hydrogen-bond acceptors (Lipinski definition) is 4. The Bertz CT molecular complexity index is 981. The maximum Gasteiger partial charge on any atom is 0.255 e. The van der Waals surface area contributed by atoms with Crippen LogP contribution in [-0.2, 0) is 6.54 Å². The molecule has 0 unspecified atom stereocenters. The minimum atomic E-state index is -0.319. The zero-order valence-corrected chi connectivity index (χ0v) is 17.0. The molecule has 3 rings (SSSR count). The summed E-state index contributed by atoms with van der Waals surface area (Å²) in [5, 5.41) is 7.29. The first-order valence-corrected chi connectivity index (χ1v) is 9.59. The van der Waals surface area contributed by atoms with E-state index in [1.807, 2.05) is 33.8 Å². The largest absolute Gasteiger partial charge is 0.475 e. The second-order valence-electron chi connectivity index (χ2n) is 7.30. The van der Waals surface area contributed by atoms with Crippen LogP contribution in [-0.4, -0.2) is 26.8 Å². The summed E-state index contributed by atoms with van der Waals surface area (Å²) in [5.74, 6) is -0.00214. The molecular weight excluding hydrogens is 371 g/mol. The van der Waals surface area contributed by atoms with Crippen LogP contribution in [0.1, 0.15) is 55.2 Å². The number of ether oxygens (including phenoxy) is 1. The van der Waals surface area contributed by atoms with Gasteiger partial charge in [-0.3, -0.25) is 4.79 Å². The van der Waals surface area contributed by atoms with Gasteiger partial charge in [-0.25, -0.2) is 14.1 Å². The van der Waals surface area contributed by atoms with E-state index >= 15 is 0 Å². The van der Waals surface area contributed by atoms with Gasteiger partial charge in [-0.2, -0.15) is 5.10 Å². The van der Waals surface area contributed by atoms with Crippen LogP contribution in [0.3, 0.4) is 0 Å². The van der Waals surface area contributed by atoms with E-state index in [4.69, 9.17) is 4.74 Å². The maximum absolute atomic E-state index is 13.3. The van der Waals surface area contributed by atoms with E-state index in [9.17, 15) is 9.18 Å². The lowest BCUT2D eigenvalue weighted by Gasteiger charge is -2.14. The van der Waals surface area contributed by atoms with Crippen LogP contribution in [0.5, 0.6) is 5.88 Å². The first-order chi connectivity index (χ1) is 13.9. The third-order valence-electron chi connectivity index (χ3n) is 4.31. The highest BCUT2D eigenvalue weighted by Crippen LogP contribution is 2.24. The van der Waals surface area contributed by atoms with Crippen molar-refractivity contribution in [3.05, 3.63) is 71.4 Å². The quantitative estimate of drug-likeness (QED) is 0.648. The van der Waals surface area contributed by atoms with Gasteiger partial charge in [0.25, 0.3) is 5.91 Å². The molecule has 29 heavy (non-hydrogen) atoms. The Hall–Kier alpha value is -3.22. The van der Waals surface area contributed by atoms with Crippen molar-refractivity contribution >= 4 is 5.91 Å². The van der Waals surface area contributed by atoms with Crippen LogP contribution in [0.15, 0.2) is 48.8 Å². The molecule has 6 nitrogen and oxygen atoms in total. The second-order valence-corrected chi connectivity index (χ2v) is 7.30. The number of amides is 1. The molecule has 0 radical (unpaired) electrons. The molecule has 0 aliphatic carbocycles. The molecule has 2 heterocycles. The van der Waals surface area contributed by atoms with Crippen molar-refractivity contribution in [2.45, 2.75) is 46.3 Å². The molecule has 0 bridgehead atoms. The number of rotatable bonds is 7. The predicted molar refractivity (Wildman–Crippen MR) is 109 cm³/mol. The van der Waals surface area contributed by atoms with E-state index in [-0.39, 0.29) is 30.3 Å². The van der Waals surface area contributed by atoms with Gasteiger partial charge in [-0.1, -0.05) is 19.9 Å². The number of carbonyl (C=O) groups excluding carboxylic acids is 1. The van der Waals surface area contributed by atoms with E-state index in [1.54, 1.807) is 35.3 Å². The lowest BCUT2D eigenvalue weighted by Crippen LogP contribution is -2.25. The van der Waals surface area contributed by atoms with Gasteiger partial charge in [0.2, 0.25) is 5.88 Å². The minimum Gasteiger partial charge on any atom is -0.475 e. The average Bonchev–Trinajstić information content (AvgIpc) is 3.13. The van der Waals surface area contributed by atoms with Gasteiger partial charge in [0.1, 0.15) is 5.82 Å². The molecule has 3 aromatic rings. The van der Waals surface area contributed by atoms with Gasteiger partial charge in [-0.05, 0) is 50.1 Å². The second kappa shape index (κ2) is 8.86. The summed E-state index contributed by atoms with van der Waals surface area (Å²) in [6.45, 7) is 8.12. The van der Waals surface area contributed by atoms with Gasteiger partial charge in [0.15, 0.2) is 0 Å². The van der Waals surface area contributed by atoms with E-state index in [2.05, 4.69) is 15.4 Å². The van der Waals surface area contributed by atoms with E-state index in [1.165, 1.54) is 12.1 Å². The van der Waals surface area contributed by atoms with Crippen molar-refractivity contribution in [1.82, 2.24) is 20.1 Å². The normalized spacial score (nSPS) is 11.1. The molecule has 0 aliphatic heterocycles. The van der Waals surface area contributed by atoms with Crippen molar-refractivity contribution in [2.75, 3.05) is 0 Å². The zero-order valence-electron chi connectivity index (χ0n) is 17.0. The molecule has 1 amide bonds. The van der Waals surface area contributed by atoms with Gasteiger partial charge in [0.05, 0.1) is 29.2 Å².